The van der Waals surface area contributed by atoms with E-state index in [2.05, 4.69) is 31.2 Å². The molecule has 1 aliphatic rings. The molecular weight excluding hydrogens is 368 g/mol. The molecule has 1 saturated heterocycles. The van der Waals surface area contributed by atoms with E-state index in [4.69, 9.17) is 0 Å². The van der Waals surface area contributed by atoms with E-state index >= 15 is 0 Å². The summed E-state index contributed by atoms with van der Waals surface area (Å²) >= 11 is 3.54. The minimum atomic E-state index is -0.00896. The number of carbonyl (C=O) groups is 1. The number of rotatable bonds is 3. The molecular formula is C18H21BrN4O. The Morgan fingerprint density at radius 3 is 2.58 bits per heavy atom. The van der Waals surface area contributed by atoms with Gasteiger partial charge in [-0.2, -0.15) is 0 Å². The third-order valence-corrected chi connectivity index (χ3v) is 4.82. The summed E-state index contributed by atoms with van der Waals surface area (Å²) in [5.41, 5.74) is 2.53. The Balaban J connectivity index is 1.77. The van der Waals surface area contributed by atoms with Gasteiger partial charge in [0.2, 0.25) is 0 Å². The fourth-order valence-corrected chi connectivity index (χ4v) is 3.43. The number of aromatic nitrogens is 2. The van der Waals surface area contributed by atoms with Crippen molar-refractivity contribution in [2.45, 2.75) is 32.6 Å². The highest BCUT2D eigenvalue weighted by Gasteiger charge is 2.19. The van der Waals surface area contributed by atoms with Gasteiger partial charge in [0.25, 0.3) is 5.91 Å². The Hall–Kier alpha value is -1.95. The van der Waals surface area contributed by atoms with Gasteiger partial charge in [-0.25, -0.2) is 9.97 Å². The highest BCUT2D eigenvalue weighted by atomic mass is 79.9. The van der Waals surface area contributed by atoms with E-state index in [0.717, 1.165) is 36.1 Å². The molecule has 1 fully saturated rings. The summed E-state index contributed by atoms with van der Waals surface area (Å²) in [6.07, 6.45) is 5.97. The monoisotopic (exact) mass is 388 g/mol. The number of likely N-dealkylation sites (tertiary alicyclic amines) is 1. The van der Waals surface area contributed by atoms with Crippen LogP contribution >= 0.6 is 15.9 Å². The first kappa shape index (κ1) is 16.9. The maximum Gasteiger partial charge on any atom is 0.272 e. The van der Waals surface area contributed by atoms with Gasteiger partial charge >= 0.3 is 0 Å². The molecule has 0 saturated carbocycles. The predicted octanol–water partition coefficient (Wildman–Crippen LogP) is 4.31. The first-order chi connectivity index (χ1) is 11.6. The zero-order valence-corrected chi connectivity index (χ0v) is 15.3. The molecule has 6 heteroatoms. The standard InChI is InChI=1S/C18H21BrN4O/c1-13-6-7-15(14(19)10-13)22-17-11-16(20-12-21-17)18(24)23-8-4-2-3-5-9-23/h6-7,10-12H,2-5,8-9H2,1H3,(H,20,21,22). The minimum absolute atomic E-state index is 0.00896. The Morgan fingerprint density at radius 2 is 1.88 bits per heavy atom. The molecule has 1 N–H and O–H groups in total. The van der Waals surface area contributed by atoms with Crippen LogP contribution in [0.5, 0.6) is 0 Å². The van der Waals surface area contributed by atoms with E-state index in [1.807, 2.05) is 30.0 Å². The maximum absolute atomic E-state index is 12.7. The lowest BCUT2D eigenvalue weighted by molar-refractivity contribution is 0.0755. The largest absolute Gasteiger partial charge is 0.339 e. The Labute approximate surface area is 150 Å². The topological polar surface area (TPSA) is 58.1 Å². The lowest BCUT2D eigenvalue weighted by Crippen LogP contribution is -2.32. The minimum Gasteiger partial charge on any atom is -0.339 e. The molecule has 24 heavy (non-hydrogen) atoms. The van der Waals surface area contributed by atoms with E-state index < -0.39 is 0 Å². The van der Waals surface area contributed by atoms with E-state index in [1.165, 1.54) is 24.7 Å². The van der Waals surface area contributed by atoms with E-state index in [-0.39, 0.29) is 5.91 Å². The van der Waals surface area contributed by atoms with Crippen LogP contribution in [0.1, 0.15) is 41.7 Å². The molecule has 0 unspecified atom stereocenters. The van der Waals surface area contributed by atoms with E-state index in [9.17, 15) is 4.79 Å². The first-order valence-electron chi connectivity index (χ1n) is 8.28. The third-order valence-electron chi connectivity index (χ3n) is 4.17. The van der Waals surface area contributed by atoms with Crippen LogP contribution in [0.2, 0.25) is 0 Å². The van der Waals surface area contributed by atoms with E-state index in [0.29, 0.717) is 11.5 Å². The van der Waals surface area contributed by atoms with Gasteiger partial charge in [-0.05, 0) is 53.4 Å². The average Bonchev–Trinajstić information content (AvgIpc) is 2.86. The molecule has 1 aromatic heterocycles. The lowest BCUT2D eigenvalue weighted by atomic mass is 10.2. The second-order valence-electron chi connectivity index (χ2n) is 6.10. The SMILES string of the molecule is Cc1ccc(Nc2cc(C(=O)N3CCCCCC3)ncn2)c(Br)c1. The molecule has 1 aliphatic heterocycles. The molecule has 3 rings (SSSR count). The van der Waals surface area contributed by atoms with Crippen molar-refractivity contribution in [1.29, 1.82) is 0 Å². The number of benzene rings is 1. The van der Waals surface area contributed by atoms with Crippen LogP contribution < -0.4 is 5.32 Å². The second-order valence-corrected chi connectivity index (χ2v) is 6.96. The second kappa shape index (κ2) is 7.75. The molecule has 1 amide bonds. The van der Waals surface area contributed by atoms with Crippen LogP contribution in [0.3, 0.4) is 0 Å². The van der Waals surface area contributed by atoms with Crippen LogP contribution in [-0.4, -0.2) is 33.9 Å². The fourth-order valence-electron chi connectivity index (χ4n) is 2.84. The van der Waals surface area contributed by atoms with Crippen LogP contribution in [-0.2, 0) is 0 Å². The molecule has 0 aliphatic carbocycles. The van der Waals surface area contributed by atoms with Crippen molar-refractivity contribution in [3.63, 3.8) is 0 Å². The third kappa shape index (κ3) is 4.12. The Morgan fingerprint density at radius 1 is 1.12 bits per heavy atom. The number of anilines is 2. The lowest BCUT2D eigenvalue weighted by Gasteiger charge is -2.19. The quantitative estimate of drug-likeness (QED) is 0.850. The number of carbonyl (C=O) groups excluding carboxylic acids is 1. The van der Waals surface area contributed by atoms with Gasteiger partial charge < -0.3 is 10.2 Å². The zero-order valence-electron chi connectivity index (χ0n) is 13.8. The normalized spacial score (nSPS) is 15.0. The smallest absolute Gasteiger partial charge is 0.272 e. The fraction of sp³-hybridized carbons (Fsp3) is 0.389. The van der Waals surface area contributed by atoms with Crippen molar-refractivity contribution in [1.82, 2.24) is 14.9 Å². The van der Waals surface area contributed by atoms with Crippen molar-refractivity contribution in [2.24, 2.45) is 0 Å². The van der Waals surface area contributed by atoms with Gasteiger partial charge in [0, 0.05) is 23.6 Å². The number of halogens is 1. The molecule has 2 aromatic rings. The molecule has 0 radical (unpaired) electrons. The summed E-state index contributed by atoms with van der Waals surface area (Å²) in [4.78, 5) is 23.0. The summed E-state index contributed by atoms with van der Waals surface area (Å²) in [7, 11) is 0. The molecule has 0 atom stereocenters. The van der Waals surface area contributed by atoms with Gasteiger partial charge in [-0.1, -0.05) is 18.9 Å². The van der Waals surface area contributed by atoms with Crippen molar-refractivity contribution < 1.29 is 4.79 Å². The molecule has 0 spiro atoms. The van der Waals surface area contributed by atoms with Gasteiger partial charge in [-0.15, -0.1) is 0 Å². The van der Waals surface area contributed by atoms with Crippen molar-refractivity contribution >= 4 is 33.3 Å². The summed E-state index contributed by atoms with van der Waals surface area (Å²) in [5.74, 6) is 0.609. The molecule has 2 heterocycles. The van der Waals surface area contributed by atoms with Crippen LogP contribution in [0.25, 0.3) is 0 Å². The summed E-state index contributed by atoms with van der Waals surface area (Å²) in [6, 6.07) is 7.77. The number of nitrogens with one attached hydrogen (secondary N) is 1. The summed E-state index contributed by atoms with van der Waals surface area (Å²) < 4.78 is 0.960. The molecule has 126 valence electrons. The number of amides is 1. The van der Waals surface area contributed by atoms with Crippen molar-refractivity contribution in [3.05, 3.63) is 46.3 Å². The highest BCUT2D eigenvalue weighted by molar-refractivity contribution is 9.10. The summed E-state index contributed by atoms with van der Waals surface area (Å²) in [6.45, 7) is 3.67. The highest BCUT2D eigenvalue weighted by Crippen LogP contribution is 2.26. The maximum atomic E-state index is 12.7. The summed E-state index contributed by atoms with van der Waals surface area (Å²) in [5, 5.41) is 3.24. The van der Waals surface area contributed by atoms with Gasteiger partial charge in [0.1, 0.15) is 17.8 Å². The van der Waals surface area contributed by atoms with Crippen molar-refractivity contribution in [2.75, 3.05) is 18.4 Å². The predicted molar refractivity (Wildman–Crippen MR) is 98.6 cm³/mol. The Bertz CT molecular complexity index is 727. The molecule has 1 aromatic carbocycles. The molecule has 5 nitrogen and oxygen atoms in total. The first-order valence-corrected chi connectivity index (χ1v) is 9.07. The van der Waals surface area contributed by atoms with Crippen LogP contribution in [0, 0.1) is 6.92 Å². The average molecular weight is 389 g/mol. The van der Waals surface area contributed by atoms with Gasteiger partial charge in [0.05, 0.1) is 5.69 Å². The van der Waals surface area contributed by atoms with Crippen LogP contribution in [0.15, 0.2) is 35.1 Å². The van der Waals surface area contributed by atoms with E-state index in [1.54, 1.807) is 6.07 Å². The zero-order chi connectivity index (χ0) is 16.9. The van der Waals surface area contributed by atoms with Gasteiger partial charge in [-0.3, -0.25) is 4.79 Å². The molecule has 0 bridgehead atoms. The number of hydrogen-bond acceptors (Lipinski definition) is 4. The number of aryl methyl sites for hydroxylation is 1. The van der Waals surface area contributed by atoms with Crippen molar-refractivity contribution in [3.8, 4) is 0 Å². The van der Waals surface area contributed by atoms with Crippen LogP contribution in [0.4, 0.5) is 11.5 Å². The van der Waals surface area contributed by atoms with Gasteiger partial charge in [0.15, 0.2) is 0 Å². The Kier molecular flexibility index (Phi) is 5.45. The number of nitrogens with zero attached hydrogens (tertiary/aromatic N) is 3. The number of hydrogen-bond donors (Lipinski definition) is 1.